The van der Waals surface area contributed by atoms with E-state index in [0.717, 1.165) is 36.3 Å². The Balaban J connectivity index is 1.78. The molecule has 3 nitrogen and oxygen atoms in total. The Labute approximate surface area is 128 Å². The van der Waals surface area contributed by atoms with Gasteiger partial charge in [-0.15, -0.1) is 0 Å². The summed E-state index contributed by atoms with van der Waals surface area (Å²) in [6, 6.07) is 8.38. The lowest BCUT2D eigenvalue weighted by Gasteiger charge is -2.20. The molecule has 20 heavy (non-hydrogen) atoms. The molecule has 0 radical (unpaired) electrons. The van der Waals surface area contributed by atoms with Crippen LogP contribution in [0.2, 0.25) is 0 Å². The van der Waals surface area contributed by atoms with Gasteiger partial charge in [-0.25, -0.2) is 0 Å². The lowest BCUT2D eigenvalue weighted by molar-refractivity contribution is 0.173. The summed E-state index contributed by atoms with van der Waals surface area (Å²) in [4.78, 5) is 6.92. The molecule has 106 valence electrons. The van der Waals surface area contributed by atoms with Crippen LogP contribution in [0.3, 0.4) is 0 Å². The van der Waals surface area contributed by atoms with Crippen LogP contribution in [0.1, 0.15) is 12.0 Å². The Bertz CT molecular complexity index is 596. The number of rotatable bonds is 4. The quantitative estimate of drug-likeness (QED) is 0.856. The Kier molecular flexibility index (Phi) is 4.34. The fraction of sp³-hybridized carbons (Fsp3) is 0.438. The van der Waals surface area contributed by atoms with Crippen LogP contribution in [0.5, 0.6) is 0 Å². The fourth-order valence-corrected chi connectivity index (χ4v) is 3.30. The Hall–Kier alpha value is -0.970. The maximum atomic E-state index is 5.45. The highest BCUT2D eigenvalue weighted by Gasteiger charge is 2.18. The van der Waals surface area contributed by atoms with E-state index in [4.69, 9.17) is 4.74 Å². The number of fused-ring (bicyclic) bond motifs is 1. The number of hydrogen-bond donors (Lipinski definition) is 0. The first kappa shape index (κ1) is 14.0. The average molecular weight is 335 g/mol. The molecule has 2 aromatic rings. The highest BCUT2D eigenvalue weighted by atomic mass is 79.9. The van der Waals surface area contributed by atoms with Crippen molar-refractivity contribution in [3.05, 3.63) is 40.5 Å². The number of ether oxygens (including phenoxy) is 1. The summed E-state index contributed by atoms with van der Waals surface area (Å²) >= 11 is 3.60. The number of aromatic nitrogens is 1. The van der Waals surface area contributed by atoms with Crippen LogP contribution < -0.4 is 0 Å². The van der Waals surface area contributed by atoms with E-state index in [1.165, 1.54) is 17.4 Å². The molecule has 1 atom stereocenters. The van der Waals surface area contributed by atoms with Gasteiger partial charge < -0.3 is 9.64 Å². The van der Waals surface area contributed by atoms with Crippen LogP contribution in [0, 0.1) is 5.92 Å². The monoisotopic (exact) mass is 334 g/mol. The van der Waals surface area contributed by atoms with Crippen LogP contribution in [0.25, 0.3) is 10.9 Å². The van der Waals surface area contributed by atoms with Crippen molar-refractivity contribution in [3.8, 4) is 0 Å². The second-order valence-corrected chi connectivity index (χ2v) is 6.39. The van der Waals surface area contributed by atoms with E-state index in [1.807, 2.05) is 12.3 Å². The van der Waals surface area contributed by atoms with Gasteiger partial charge in [0.1, 0.15) is 0 Å². The van der Waals surface area contributed by atoms with Gasteiger partial charge in [0.05, 0.1) is 12.1 Å². The first-order chi connectivity index (χ1) is 9.74. The second-order valence-electron chi connectivity index (χ2n) is 5.53. The van der Waals surface area contributed by atoms with Gasteiger partial charge in [0.2, 0.25) is 0 Å². The van der Waals surface area contributed by atoms with Gasteiger partial charge in [0.15, 0.2) is 0 Å². The zero-order chi connectivity index (χ0) is 13.9. The Morgan fingerprint density at radius 2 is 2.30 bits per heavy atom. The van der Waals surface area contributed by atoms with Crippen LogP contribution in [0.4, 0.5) is 0 Å². The topological polar surface area (TPSA) is 25.4 Å². The lowest BCUT2D eigenvalue weighted by atomic mass is 10.1. The van der Waals surface area contributed by atoms with Crippen molar-refractivity contribution in [2.24, 2.45) is 5.92 Å². The number of benzene rings is 1. The highest BCUT2D eigenvalue weighted by Crippen LogP contribution is 2.26. The molecular weight excluding hydrogens is 316 g/mol. The van der Waals surface area contributed by atoms with E-state index in [2.05, 4.69) is 51.1 Å². The molecule has 2 heterocycles. The molecule has 0 amide bonds. The van der Waals surface area contributed by atoms with Crippen LogP contribution >= 0.6 is 15.9 Å². The molecule has 0 aliphatic carbocycles. The predicted octanol–water partition coefficient (Wildman–Crippen LogP) is 3.47. The largest absolute Gasteiger partial charge is 0.381 e. The Morgan fingerprint density at radius 1 is 1.40 bits per heavy atom. The molecule has 1 fully saturated rings. The third-order valence-corrected chi connectivity index (χ3v) is 4.53. The molecule has 0 saturated carbocycles. The van der Waals surface area contributed by atoms with E-state index in [0.29, 0.717) is 5.92 Å². The van der Waals surface area contributed by atoms with Gasteiger partial charge >= 0.3 is 0 Å². The van der Waals surface area contributed by atoms with Crippen LogP contribution in [0.15, 0.2) is 34.9 Å². The molecule has 1 saturated heterocycles. The van der Waals surface area contributed by atoms with E-state index in [-0.39, 0.29) is 0 Å². The molecule has 1 aliphatic rings. The maximum Gasteiger partial charge on any atom is 0.0758 e. The van der Waals surface area contributed by atoms with Gasteiger partial charge in [-0.2, -0.15) is 0 Å². The smallest absolute Gasteiger partial charge is 0.0758 e. The van der Waals surface area contributed by atoms with Gasteiger partial charge in [0, 0.05) is 35.8 Å². The third-order valence-electron chi connectivity index (χ3n) is 3.83. The summed E-state index contributed by atoms with van der Waals surface area (Å²) in [5.41, 5.74) is 2.38. The molecule has 1 unspecified atom stereocenters. The molecule has 0 N–H and O–H groups in total. The number of nitrogens with zero attached hydrogens (tertiary/aromatic N) is 2. The molecule has 3 rings (SSSR count). The zero-order valence-electron chi connectivity index (χ0n) is 11.7. The molecule has 1 aliphatic heterocycles. The normalized spacial score (nSPS) is 19.1. The molecule has 0 bridgehead atoms. The van der Waals surface area contributed by atoms with Crippen molar-refractivity contribution in [2.45, 2.75) is 13.0 Å². The minimum Gasteiger partial charge on any atom is -0.381 e. The van der Waals surface area contributed by atoms with Crippen LogP contribution in [-0.4, -0.2) is 36.7 Å². The lowest BCUT2D eigenvalue weighted by Crippen LogP contribution is -2.25. The molecule has 0 spiro atoms. The van der Waals surface area contributed by atoms with Gasteiger partial charge in [-0.05, 0) is 37.1 Å². The van der Waals surface area contributed by atoms with Gasteiger partial charge in [-0.1, -0.05) is 28.1 Å². The molecule has 1 aromatic carbocycles. The summed E-state index contributed by atoms with van der Waals surface area (Å²) in [6.07, 6.45) is 3.05. The standard InChI is InChI=1S/C16H19BrN2O/c1-19(9-12-6-8-20-11-12)10-13-4-5-15(17)14-3-2-7-18-16(13)14/h2-5,7,12H,6,8-11H2,1H3. The average Bonchev–Trinajstić information content (AvgIpc) is 2.95. The van der Waals surface area contributed by atoms with Crippen molar-refractivity contribution in [3.63, 3.8) is 0 Å². The van der Waals surface area contributed by atoms with Crippen molar-refractivity contribution >= 4 is 26.8 Å². The minimum absolute atomic E-state index is 0.676. The fourth-order valence-electron chi connectivity index (χ4n) is 2.85. The number of hydrogen-bond acceptors (Lipinski definition) is 3. The van der Waals surface area contributed by atoms with Crippen molar-refractivity contribution < 1.29 is 4.74 Å². The molecular formula is C16H19BrN2O. The summed E-state index contributed by atoms with van der Waals surface area (Å²) in [5, 5.41) is 1.18. The first-order valence-electron chi connectivity index (χ1n) is 7.02. The summed E-state index contributed by atoms with van der Waals surface area (Å²) in [7, 11) is 2.18. The van der Waals surface area contributed by atoms with E-state index in [9.17, 15) is 0 Å². The van der Waals surface area contributed by atoms with Crippen LogP contribution in [-0.2, 0) is 11.3 Å². The van der Waals surface area contributed by atoms with E-state index in [1.54, 1.807) is 0 Å². The summed E-state index contributed by atoms with van der Waals surface area (Å²) in [5.74, 6) is 0.676. The zero-order valence-corrected chi connectivity index (χ0v) is 13.3. The Morgan fingerprint density at radius 3 is 3.10 bits per heavy atom. The van der Waals surface area contributed by atoms with Crippen molar-refractivity contribution in [1.82, 2.24) is 9.88 Å². The van der Waals surface area contributed by atoms with Crippen molar-refractivity contribution in [1.29, 1.82) is 0 Å². The minimum atomic E-state index is 0.676. The number of halogens is 1. The predicted molar refractivity (Wildman–Crippen MR) is 84.7 cm³/mol. The van der Waals surface area contributed by atoms with Gasteiger partial charge in [-0.3, -0.25) is 4.98 Å². The second kappa shape index (κ2) is 6.20. The van der Waals surface area contributed by atoms with Gasteiger partial charge in [0.25, 0.3) is 0 Å². The first-order valence-corrected chi connectivity index (χ1v) is 7.82. The SMILES string of the molecule is CN(Cc1ccc(Br)c2cccnc12)CC1CCOC1. The van der Waals surface area contributed by atoms with E-state index >= 15 is 0 Å². The number of pyridine rings is 1. The van der Waals surface area contributed by atoms with E-state index < -0.39 is 0 Å². The molecule has 1 aromatic heterocycles. The molecule has 4 heteroatoms. The summed E-state index contributed by atoms with van der Waals surface area (Å²) in [6.45, 7) is 3.84. The third kappa shape index (κ3) is 3.03. The maximum absolute atomic E-state index is 5.45. The highest BCUT2D eigenvalue weighted by molar-refractivity contribution is 9.10. The summed E-state index contributed by atoms with van der Waals surface area (Å²) < 4.78 is 6.56. The van der Waals surface area contributed by atoms with Crippen molar-refractivity contribution in [2.75, 3.05) is 26.8 Å².